The minimum absolute atomic E-state index is 0.103. The third-order valence-electron chi connectivity index (χ3n) is 5.75. The number of halogens is 1. The number of phenolic OH excluding ortho intramolecular Hbond substituents is 1. The average Bonchev–Trinajstić information content (AvgIpc) is 3.54. The third-order valence-corrected chi connectivity index (χ3v) is 7.95. The third kappa shape index (κ3) is 4.61. The van der Waals surface area contributed by atoms with Crippen LogP contribution in [-0.2, 0) is 9.53 Å². The number of hydrogen-bond acceptors (Lipinski definition) is 8. The van der Waals surface area contributed by atoms with Crippen LogP contribution in [0.3, 0.4) is 0 Å². The lowest BCUT2D eigenvalue weighted by molar-refractivity contribution is -0.138. The topological polar surface area (TPSA) is 90.1 Å². The summed E-state index contributed by atoms with van der Waals surface area (Å²) < 4.78 is 12.6. The molecule has 0 spiro atoms. The fourth-order valence-electron chi connectivity index (χ4n) is 4.14. The van der Waals surface area contributed by atoms with Crippen LogP contribution in [-0.4, -0.2) is 29.4 Å². The number of carbonyl (C=O) groups excluding carboxylic acids is 1. The SMILES string of the molecule is CCOC(=O)C1=C(c2ccccc2)N=c2s/c(=C\c3cc(Cl)c(O)c(OC)c3)c(=O)n2[C@H]1c1cccs1. The Morgan fingerprint density at radius 3 is 2.68 bits per heavy atom. The van der Waals surface area contributed by atoms with Crippen LogP contribution in [0.15, 0.2) is 75.3 Å². The molecule has 2 aromatic heterocycles. The second kappa shape index (κ2) is 10.4. The number of methoxy groups -OCH3 is 1. The number of nitrogens with zero attached hydrogens (tertiary/aromatic N) is 2. The number of thiazole rings is 1. The number of phenols is 1. The predicted octanol–water partition coefficient (Wildman–Crippen LogP) is 4.36. The molecule has 0 saturated heterocycles. The summed E-state index contributed by atoms with van der Waals surface area (Å²) in [5.74, 6) is -0.501. The van der Waals surface area contributed by atoms with E-state index in [2.05, 4.69) is 0 Å². The molecule has 0 saturated carbocycles. The molecule has 4 aromatic rings. The maximum absolute atomic E-state index is 13.8. The maximum Gasteiger partial charge on any atom is 0.338 e. The Hall–Kier alpha value is -3.66. The maximum atomic E-state index is 13.8. The van der Waals surface area contributed by atoms with Crippen LogP contribution in [0.25, 0.3) is 11.8 Å². The highest BCUT2D eigenvalue weighted by Gasteiger charge is 2.35. The molecule has 10 heteroatoms. The first-order valence-electron chi connectivity index (χ1n) is 11.3. The summed E-state index contributed by atoms with van der Waals surface area (Å²) in [7, 11) is 1.42. The van der Waals surface area contributed by atoms with Gasteiger partial charge in [0.15, 0.2) is 16.3 Å². The number of esters is 1. The number of fused-ring (bicyclic) bond motifs is 1. The molecule has 0 unspecified atom stereocenters. The summed E-state index contributed by atoms with van der Waals surface area (Å²) in [4.78, 5) is 33.2. The number of carbonyl (C=O) groups is 1. The molecule has 2 aromatic carbocycles. The summed E-state index contributed by atoms with van der Waals surface area (Å²) in [6.07, 6.45) is 1.67. The van der Waals surface area contributed by atoms with Gasteiger partial charge in [0, 0.05) is 10.4 Å². The lowest BCUT2D eigenvalue weighted by Gasteiger charge is -2.24. The van der Waals surface area contributed by atoms with Crippen molar-refractivity contribution in [3.05, 3.63) is 106 Å². The molecule has 0 radical (unpaired) electrons. The van der Waals surface area contributed by atoms with Gasteiger partial charge in [-0.2, -0.15) is 0 Å². The molecule has 3 heterocycles. The standard InChI is InChI=1S/C27H21ClN2O5S2/c1-3-35-26(33)21-22(16-8-5-4-6-9-16)29-27-30(23(21)19-10-7-11-36-19)25(32)20(37-27)14-15-12-17(28)24(31)18(13-15)34-2/h4-14,23,31H,3H2,1-2H3/b20-14-/t23-/m0/s1. The normalized spacial score (nSPS) is 15.3. The zero-order valence-corrected chi connectivity index (χ0v) is 22.2. The van der Waals surface area contributed by atoms with E-state index in [1.165, 1.54) is 29.8 Å². The molecule has 0 amide bonds. The summed E-state index contributed by atoms with van der Waals surface area (Å²) in [6, 6.07) is 15.6. The lowest BCUT2D eigenvalue weighted by atomic mass is 9.97. The van der Waals surface area contributed by atoms with Crippen molar-refractivity contribution < 1.29 is 19.4 Å². The largest absolute Gasteiger partial charge is 0.503 e. The van der Waals surface area contributed by atoms with Crippen LogP contribution < -0.4 is 19.6 Å². The molecule has 5 rings (SSSR count). The van der Waals surface area contributed by atoms with Gasteiger partial charge in [-0.3, -0.25) is 9.36 Å². The smallest absolute Gasteiger partial charge is 0.338 e. The second-order valence-corrected chi connectivity index (χ2v) is 10.4. The van der Waals surface area contributed by atoms with Crippen molar-refractivity contribution in [2.75, 3.05) is 13.7 Å². The van der Waals surface area contributed by atoms with E-state index < -0.39 is 12.0 Å². The Morgan fingerprint density at radius 1 is 1.22 bits per heavy atom. The fourth-order valence-corrected chi connectivity index (χ4v) is 6.18. The van der Waals surface area contributed by atoms with Crippen molar-refractivity contribution in [3.8, 4) is 11.5 Å². The molecule has 0 fully saturated rings. The minimum atomic E-state index is -0.703. The molecule has 7 nitrogen and oxygen atoms in total. The monoisotopic (exact) mass is 552 g/mol. The van der Waals surface area contributed by atoms with Crippen LogP contribution in [0.5, 0.6) is 11.5 Å². The van der Waals surface area contributed by atoms with E-state index in [0.717, 1.165) is 10.4 Å². The first kappa shape index (κ1) is 25.0. The number of hydrogen-bond donors (Lipinski definition) is 1. The van der Waals surface area contributed by atoms with Crippen molar-refractivity contribution in [2.45, 2.75) is 13.0 Å². The number of thiophene rings is 1. The van der Waals surface area contributed by atoms with Crippen molar-refractivity contribution >= 4 is 52.0 Å². The summed E-state index contributed by atoms with van der Waals surface area (Å²) in [5.41, 5.74) is 1.80. The number of benzene rings is 2. The minimum Gasteiger partial charge on any atom is -0.503 e. The number of rotatable bonds is 6. The molecule has 0 bridgehead atoms. The summed E-state index contributed by atoms with van der Waals surface area (Å²) in [6.45, 7) is 1.93. The van der Waals surface area contributed by atoms with Gasteiger partial charge < -0.3 is 14.6 Å². The Bertz CT molecular complexity index is 1690. The lowest BCUT2D eigenvalue weighted by Crippen LogP contribution is -2.39. The number of aromatic nitrogens is 1. The van der Waals surface area contributed by atoms with Gasteiger partial charge in [-0.25, -0.2) is 9.79 Å². The van der Waals surface area contributed by atoms with E-state index in [0.29, 0.717) is 26.2 Å². The van der Waals surface area contributed by atoms with Gasteiger partial charge in [-0.1, -0.05) is 59.3 Å². The van der Waals surface area contributed by atoms with Crippen molar-refractivity contribution in [1.29, 1.82) is 0 Å². The van der Waals surface area contributed by atoms with Crippen molar-refractivity contribution in [3.63, 3.8) is 0 Å². The molecular formula is C27H21ClN2O5S2. The van der Waals surface area contributed by atoms with Crippen LogP contribution in [0.1, 0.15) is 29.0 Å². The highest BCUT2D eigenvalue weighted by atomic mass is 35.5. The van der Waals surface area contributed by atoms with E-state index in [9.17, 15) is 14.7 Å². The highest BCUT2D eigenvalue weighted by Crippen LogP contribution is 2.37. The van der Waals surface area contributed by atoms with Gasteiger partial charge in [0.1, 0.15) is 6.04 Å². The zero-order valence-electron chi connectivity index (χ0n) is 19.8. The molecule has 0 aliphatic carbocycles. The van der Waals surface area contributed by atoms with E-state index in [1.807, 2.05) is 47.8 Å². The molecule has 188 valence electrons. The molecule has 1 aliphatic heterocycles. The predicted molar refractivity (Wildman–Crippen MR) is 145 cm³/mol. The van der Waals surface area contributed by atoms with E-state index in [1.54, 1.807) is 29.7 Å². The fraction of sp³-hybridized carbons (Fsp3) is 0.148. The van der Waals surface area contributed by atoms with Gasteiger partial charge in [0.2, 0.25) is 0 Å². The Balaban J connectivity index is 1.80. The van der Waals surface area contributed by atoms with Gasteiger partial charge >= 0.3 is 5.97 Å². The van der Waals surface area contributed by atoms with Crippen LogP contribution >= 0.6 is 34.3 Å². The molecule has 1 N–H and O–H groups in total. The van der Waals surface area contributed by atoms with E-state index in [-0.39, 0.29) is 28.7 Å². The Kier molecular flexibility index (Phi) is 7.01. The molecule has 37 heavy (non-hydrogen) atoms. The number of aromatic hydroxyl groups is 1. The molecule has 1 aliphatic rings. The Morgan fingerprint density at radius 2 is 2.00 bits per heavy atom. The second-order valence-electron chi connectivity index (χ2n) is 8.00. The van der Waals surface area contributed by atoms with Gasteiger partial charge in [-0.05, 0) is 42.1 Å². The van der Waals surface area contributed by atoms with Crippen molar-refractivity contribution in [2.24, 2.45) is 4.99 Å². The Labute approximate surface area is 224 Å². The zero-order chi connectivity index (χ0) is 26.1. The quantitative estimate of drug-likeness (QED) is 0.359. The highest BCUT2D eigenvalue weighted by molar-refractivity contribution is 7.10. The van der Waals surface area contributed by atoms with E-state index in [4.69, 9.17) is 26.1 Å². The summed E-state index contributed by atoms with van der Waals surface area (Å²) in [5, 5.41) is 12.1. The van der Waals surface area contributed by atoms with Gasteiger partial charge in [0.05, 0.1) is 34.5 Å². The van der Waals surface area contributed by atoms with E-state index >= 15 is 0 Å². The molecule has 1 atom stereocenters. The van der Waals surface area contributed by atoms with Crippen molar-refractivity contribution in [1.82, 2.24) is 4.57 Å². The van der Waals surface area contributed by atoms with Crippen LogP contribution in [0.2, 0.25) is 5.02 Å². The van der Waals surface area contributed by atoms with Crippen LogP contribution in [0, 0.1) is 0 Å². The molecular weight excluding hydrogens is 532 g/mol. The summed E-state index contributed by atoms with van der Waals surface area (Å²) >= 11 is 8.82. The first-order chi connectivity index (χ1) is 17.9. The first-order valence-corrected chi connectivity index (χ1v) is 13.4. The number of ether oxygens (including phenoxy) is 2. The van der Waals surface area contributed by atoms with Gasteiger partial charge in [-0.15, -0.1) is 11.3 Å². The van der Waals surface area contributed by atoms with Crippen LogP contribution in [0.4, 0.5) is 0 Å². The average molecular weight is 553 g/mol. The van der Waals surface area contributed by atoms with Gasteiger partial charge in [0.25, 0.3) is 5.56 Å².